The van der Waals surface area contributed by atoms with Crippen molar-refractivity contribution in [3.05, 3.63) is 47.8 Å². The van der Waals surface area contributed by atoms with Gasteiger partial charge in [0, 0.05) is 17.0 Å². The fourth-order valence-electron chi connectivity index (χ4n) is 2.90. The molecule has 6 heteroatoms. The lowest BCUT2D eigenvalue weighted by Gasteiger charge is -2.11. The minimum Gasteiger partial charge on any atom is -0.494 e. The van der Waals surface area contributed by atoms with Gasteiger partial charge < -0.3 is 23.7 Å². The summed E-state index contributed by atoms with van der Waals surface area (Å²) in [5.41, 5.74) is 1.52. The maximum atomic E-state index is 9.66. The Morgan fingerprint density at radius 3 is 2.50 bits per heavy atom. The minimum atomic E-state index is -0.535. The van der Waals surface area contributed by atoms with Crippen LogP contribution in [0.25, 0.3) is 22.3 Å². The third kappa shape index (κ3) is 4.28. The first-order chi connectivity index (χ1) is 13.5. The van der Waals surface area contributed by atoms with Crippen LogP contribution < -0.4 is 19.6 Å². The molecule has 0 saturated carbocycles. The van der Waals surface area contributed by atoms with Crippen molar-refractivity contribution in [2.45, 2.75) is 20.0 Å². The van der Waals surface area contributed by atoms with E-state index < -0.39 is 6.10 Å². The Bertz CT molecular complexity index is 1020. The van der Waals surface area contributed by atoms with Crippen molar-refractivity contribution in [1.82, 2.24) is 0 Å². The van der Waals surface area contributed by atoms with Gasteiger partial charge in [-0.2, -0.15) is 0 Å². The second-order valence-electron chi connectivity index (χ2n) is 6.35. The van der Waals surface area contributed by atoms with Crippen molar-refractivity contribution >= 4 is 11.0 Å². The van der Waals surface area contributed by atoms with Crippen LogP contribution in [-0.2, 0) is 0 Å². The van der Waals surface area contributed by atoms with Crippen LogP contribution in [0, 0.1) is 0 Å². The van der Waals surface area contributed by atoms with Gasteiger partial charge in [-0.15, -0.1) is 0 Å². The Labute approximate surface area is 164 Å². The second kappa shape index (κ2) is 8.80. The molecule has 1 aromatic heterocycles. The van der Waals surface area contributed by atoms with Gasteiger partial charge in [0.2, 0.25) is 0 Å². The predicted octanol–water partition coefficient (Wildman–Crippen LogP) is 3.80. The molecule has 0 spiro atoms. The highest BCUT2D eigenvalue weighted by Crippen LogP contribution is 2.33. The lowest BCUT2D eigenvalue weighted by molar-refractivity contribution is 0.203. The number of aliphatic hydroxyl groups is 1. The Kier molecular flexibility index (Phi) is 6.21. The van der Waals surface area contributed by atoms with E-state index >= 15 is 0 Å². The van der Waals surface area contributed by atoms with Crippen LogP contribution in [0.3, 0.4) is 0 Å². The van der Waals surface area contributed by atoms with E-state index in [0.717, 1.165) is 22.1 Å². The first-order valence-electron chi connectivity index (χ1n) is 9.17. The van der Waals surface area contributed by atoms with E-state index in [9.17, 15) is 5.11 Å². The number of methoxy groups -OCH3 is 2. The smallest absolute Gasteiger partial charge is 0.161 e. The number of benzene rings is 2. The number of aliphatic hydroxyl groups excluding tert-OH is 1. The number of nitrogens with zero attached hydrogens (tertiary/aromatic N) is 1. The van der Waals surface area contributed by atoms with Crippen LogP contribution in [0.4, 0.5) is 0 Å². The highest BCUT2D eigenvalue weighted by molar-refractivity contribution is 5.80. The van der Waals surface area contributed by atoms with Gasteiger partial charge in [-0.05, 0) is 50.2 Å². The molecule has 0 aliphatic rings. The van der Waals surface area contributed by atoms with Crippen LogP contribution in [-0.4, -0.2) is 38.6 Å². The maximum absolute atomic E-state index is 9.66. The normalized spacial score (nSPS) is 12.8. The largest absolute Gasteiger partial charge is 0.494 e. The quantitative estimate of drug-likeness (QED) is 0.672. The van der Waals surface area contributed by atoms with Crippen LogP contribution >= 0.6 is 0 Å². The molecule has 1 heterocycles. The molecule has 1 atom stereocenters. The molecule has 148 valence electrons. The summed E-state index contributed by atoms with van der Waals surface area (Å²) in [6.45, 7) is 4.52. The summed E-state index contributed by atoms with van der Waals surface area (Å²) in [5, 5.41) is 11.2. The van der Waals surface area contributed by atoms with Gasteiger partial charge >= 0.3 is 0 Å². The molecule has 0 aliphatic carbocycles. The number of fused-ring (bicyclic) bond motifs is 1. The van der Waals surface area contributed by atoms with Gasteiger partial charge in [0.05, 0.1) is 38.8 Å². The van der Waals surface area contributed by atoms with E-state index in [1.165, 1.54) is 0 Å². The Morgan fingerprint density at radius 2 is 1.82 bits per heavy atom. The monoisotopic (exact) mass is 383 g/mol. The third-order valence-corrected chi connectivity index (χ3v) is 4.22. The molecule has 6 nitrogen and oxygen atoms in total. The van der Waals surface area contributed by atoms with Gasteiger partial charge in [-0.25, -0.2) is 0 Å². The van der Waals surface area contributed by atoms with E-state index in [1.54, 1.807) is 21.1 Å². The molecular weight excluding hydrogens is 358 g/mol. The van der Waals surface area contributed by atoms with Gasteiger partial charge in [-0.3, -0.25) is 4.99 Å². The summed E-state index contributed by atoms with van der Waals surface area (Å²) in [6, 6.07) is 13.1. The first-order valence-corrected chi connectivity index (χ1v) is 9.17. The number of ether oxygens (including phenoxy) is 3. The maximum Gasteiger partial charge on any atom is 0.161 e. The molecule has 1 N–H and O–H groups in total. The summed E-state index contributed by atoms with van der Waals surface area (Å²) < 4.78 is 22.4. The SMILES string of the molecule is CCOc1ccc2oc(-c3ccc(OC)c(OC)c3)cc(=NCC(C)O)c2c1. The van der Waals surface area contributed by atoms with Gasteiger partial charge in [0.15, 0.2) is 11.5 Å². The summed E-state index contributed by atoms with van der Waals surface area (Å²) >= 11 is 0. The van der Waals surface area contributed by atoms with E-state index in [1.807, 2.05) is 49.4 Å². The summed E-state index contributed by atoms with van der Waals surface area (Å²) in [4.78, 5) is 4.58. The van der Waals surface area contributed by atoms with Crippen LogP contribution in [0.5, 0.6) is 17.2 Å². The molecule has 0 saturated heterocycles. The lowest BCUT2D eigenvalue weighted by Crippen LogP contribution is -2.11. The Hall–Kier alpha value is -2.99. The van der Waals surface area contributed by atoms with Crippen LogP contribution in [0.2, 0.25) is 0 Å². The van der Waals surface area contributed by atoms with Crippen molar-refractivity contribution in [3.63, 3.8) is 0 Å². The summed E-state index contributed by atoms with van der Waals surface area (Å²) in [7, 11) is 3.19. The van der Waals surface area contributed by atoms with E-state index in [4.69, 9.17) is 18.6 Å². The number of hydrogen-bond donors (Lipinski definition) is 1. The fraction of sp³-hybridized carbons (Fsp3) is 0.318. The van der Waals surface area contributed by atoms with Gasteiger partial charge in [0.25, 0.3) is 0 Å². The molecule has 1 unspecified atom stereocenters. The third-order valence-electron chi connectivity index (χ3n) is 4.22. The number of rotatable bonds is 7. The zero-order valence-corrected chi connectivity index (χ0v) is 16.6. The molecule has 28 heavy (non-hydrogen) atoms. The average molecular weight is 383 g/mol. The van der Waals surface area contributed by atoms with E-state index in [-0.39, 0.29) is 0 Å². The topological polar surface area (TPSA) is 73.4 Å². The average Bonchev–Trinajstić information content (AvgIpc) is 2.71. The number of hydrogen-bond acceptors (Lipinski definition) is 6. The highest BCUT2D eigenvalue weighted by atomic mass is 16.5. The molecular formula is C22H25NO5. The van der Waals surface area contributed by atoms with Crippen molar-refractivity contribution in [2.24, 2.45) is 4.99 Å². The molecule has 0 radical (unpaired) electrons. The zero-order valence-electron chi connectivity index (χ0n) is 16.6. The molecule has 0 aliphatic heterocycles. The highest BCUT2D eigenvalue weighted by Gasteiger charge is 2.11. The predicted molar refractivity (Wildman–Crippen MR) is 108 cm³/mol. The molecule has 3 rings (SSSR count). The van der Waals surface area contributed by atoms with Gasteiger partial charge in [0.1, 0.15) is 17.1 Å². The zero-order chi connectivity index (χ0) is 20.1. The van der Waals surface area contributed by atoms with Crippen molar-refractivity contribution in [3.8, 4) is 28.6 Å². The summed E-state index contributed by atoms with van der Waals surface area (Å²) in [5.74, 6) is 2.65. The second-order valence-corrected chi connectivity index (χ2v) is 6.35. The van der Waals surface area contributed by atoms with Crippen LogP contribution in [0.1, 0.15) is 13.8 Å². The Morgan fingerprint density at radius 1 is 1.04 bits per heavy atom. The van der Waals surface area contributed by atoms with Gasteiger partial charge in [-0.1, -0.05) is 0 Å². The standard InChI is InChI=1S/C22H25NO5/c1-5-27-16-7-9-19-17(11-16)18(23-13-14(2)24)12-21(28-19)15-6-8-20(25-3)22(10-15)26-4/h6-12,14,24H,5,13H2,1-4H3. The lowest BCUT2D eigenvalue weighted by atomic mass is 10.1. The molecule has 0 bridgehead atoms. The molecule has 0 amide bonds. The van der Waals surface area contributed by atoms with Crippen molar-refractivity contribution in [2.75, 3.05) is 27.4 Å². The van der Waals surface area contributed by atoms with E-state index in [0.29, 0.717) is 36.0 Å². The van der Waals surface area contributed by atoms with Crippen molar-refractivity contribution in [1.29, 1.82) is 0 Å². The Balaban J connectivity index is 2.19. The summed E-state index contributed by atoms with van der Waals surface area (Å²) in [6.07, 6.45) is -0.535. The molecule has 0 fully saturated rings. The fourth-order valence-corrected chi connectivity index (χ4v) is 2.90. The molecule has 3 aromatic rings. The first kappa shape index (κ1) is 19.8. The van der Waals surface area contributed by atoms with Crippen molar-refractivity contribution < 1.29 is 23.7 Å². The molecule has 2 aromatic carbocycles. The van der Waals surface area contributed by atoms with E-state index in [2.05, 4.69) is 4.99 Å². The van der Waals surface area contributed by atoms with Crippen LogP contribution in [0.15, 0.2) is 51.9 Å². The minimum absolute atomic E-state index is 0.295.